The van der Waals surface area contributed by atoms with E-state index in [1.807, 2.05) is 37.3 Å². The molecule has 0 saturated carbocycles. The molecule has 0 heterocycles. The molecule has 152 valence electrons. The van der Waals surface area contributed by atoms with Crippen LogP contribution in [0.5, 0.6) is 5.75 Å². The molecule has 28 heavy (non-hydrogen) atoms. The minimum Gasteiger partial charge on any atom is -0.484 e. The molecule has 0 fully saturated rings. The van der Waals surface area contributed by atoms with Gasteiger partial charge in [-0.15, -0.1) is 0 Å². The summed E-state index contributed by atoms with van der Waals surface area (Å²) in [5.41, 5.74) is 1.41. The molecule has 2 aromatic carbocycles. The Morgan fingerprint density at radius 1 is 1.11 bits per heavy atom. The van der Waals surface area contributed by atoms with Crippen molar-refractivity contribution < 1.29 is 22.7 Å². The molecule has 0 aliphatic rings. The maximum atomic E-state index is 12.2. The van der Waals surface area contributed by atoms with Crippen molar-refractivity contribution in [2.75, 3.05) is 30.9 Å². The fraction of sp³-hybridized carbons (Fsp3) is 0.350. The number of hydrogen-bond acceptors (Lipinski definition) is 5. The van der Waals surface area contributed by atoms with E-state index in [0.717, 1.165) is 5.56 Å². The summed E-state index contributed by atoms with van der Waals surface area (Å²) in [4.78, 5) is 11.8. The van der Waals surface area contributed by atoms with Gasteiger partial charge in [0.05, 0.1) is 25.1 Å². The topological polar surface area (TPSA) is 84.9 Å². The van der Waals surface area contributed by atoms with Crippen molar-refractivity contribution in [2.45, 2.75) is 19.5 Å². The quantitative estimate of drug-likeness (QED) is 0.654. The van der Waals surface area contributed by atoms with E-state index in [9.17, 15) is 13.2 Å². The maximum absolute atomic E-state index is 12.2. The van der Waals surface area contributed by atoms with Crippen LogP contribution in [-0.2, 0) is 26.1 Å². The molecule has 0 aromatic heterocycles. The smallest absolute Gasteiger partial charge is 0.258 e. The number of rotatable bonds is 10. The fourth-order valence-electron chi connectivity index (χ4n) is 2.61. The molecular weight excluding hydrogens is 380 g/mol. The molecule has 8 heteroatoms. The van der Waals surface area contributed by atoms with E-state index in [-0.39, 0.29) is 25.1 Å². The van der Waals surface area contributed by atoms with Crippen LogP contribution in [0.3, 0.4) is 0 Å². The van der Waals surface area contributed by atoms with Gasteiger partial charge in [-0.3, -0.25) is 9.10 Å². The number of nitrogens with one attached hydrogen (secondary N) is 1. The van der Waals surface area contributed by atoms with Crippen molar-refractivity contribution in [3.63, 3.8) is 0 Å². The lowest BCUT2D eigenvalue weighted by Crippen LogP contribution is -2.38. The first-order valence-corrected chi connectivity index (χ1v) is 10.7. The largest absolute Gasteiger partial charge is 0.484 e. The number of anilines is 1. The molecule has 0 bridgehead atoms. The van der Waals surface area contributed by atoms with Gasteiger partial charge in [0.15, 0.2) is 6.61 Å². The standard InChI is InChI=1S/C20H26N2O5S/c1-16(14-26-2)21-20(23)15-27-19-11-9-18(10-12-19)22(28(3,24)25)13-17-7-5-4-6-8-17/h4-12,16H,13-15H2,1-3H3,(H,21,23). The van der Waals surface area contributed by atoms with Gasteiger partial charge in [0.25, 0.3) is 5.91 Å². The molecule has 1 amide bonds. The first-order chi connectivity index (χ1) is 13.3. The van der Waals surface area contributed by atoms with E-state index in [2.05, 4.69) is 5.32 Å². The summed E-state index contributed by atoms with van der Waals surface area (Å²) in [6.45, 7) is 2.36. The minimum absolute atomic E-state index is 0.107. The zero-order valence-electron chi connectivity index (χ0n) is 16.3. The zero-order chi connectivity index (χ0) is 20.6. The third kappa shape index (κ3) is 6.86. The van der Waals surface area contributed by atoms with Gasteiger partial charge in [-0.25, -0.2) is 8.42 Å². The average Bonchev–Trinajstić information content (AvgIpc) is 2.65. The van der Waals surface area contributed by atoms with Crippen molar-refractivity contribution >= 4 is 21.6 Å². The van der Waals surface area contributed by atoms with Crippen molar-refractivity contribution in [2.24, 2.45) is 0 Å². The summed E-state index contributed by atoms with van der Waals surface area (Å²) >= 11 is 0. The van der Waals surface area contributed by atoms with Gasteiger partial charge in [0.1, 0.15) is 5.75 Å². The lowest BCUT2D eigenvalue weighted by atomic mass is 10.2. The van der Waals surface area contributed by atoms with E-state index in [1.165, 1.54) is 10.6 Å². The molecule has 0 aliphatic carbocycles. The Balaban J connectivity index is 2.01. The number of sulfonamides is 1. The second-order valence-corrected chi connectivity index (χ2v) is 8.37. The van der Waals surface area contributed by atoms with Crippen LogP contribution in [0, 0.1) is 0 Å². The average molecular weight is 407 g/mol. The predicted octanol–water partition coefficient (Wildman–Crippen LogP) is 2.18. The van der Waals surface area contributed by atoms with E-state index in [0.29, 0.717) is 18.0 Å². The van der Waals surface area contributed by atoms with Crippen LogP contribution in [-0.4, -0.2) is 46.9 Å². The van der Waals surface area contributed by atoms with Gasteiger partial charge in [-0.05, 0) is 36.8 Å². The number of benzene rings is 2. The monoisotopic (exact) mass is 406 g/mol. The summed E-state index contributed by atoms with van der Waals surface area (Å²) < 4.78 is 36.2. The third-order valence-electron chi connectivity index (χ3n) is 3.89. The number of methoxy groups -OCH3 is 1. The highest BCUT2D eigenvalue weighted by Gasteiger charge is 2.18. The highest BCUT2D eigenvalue weighted by molar-refractivity contribution is 7.92. The van der Waals surface area contributed by atoms with Gasteiger partial charge < -0.3 is 14.8 Å². The third-order valence-corrected chi connectivity index (χ3v) is 5.03. The molecule has 2 aromatic rings. The molecular formula is C20H26N2O5S. The summed E-state index contributed by atoms with van der Waals surface area (Å²) in [5, 5.41) is 2.75. The molecule has 0 saturated heterocycles. The number of ether oxygens (including phenoxy) is 2. The molecule has 0 aliphatic heterocycles. The van der Waals surface area contributed by atoms with Crippen LogP contribution in [0.15, 0.2) is 54.6 Å². The second kappa shape index (κ2) is 10.1. The van der Waals surface area contributed by atoms with Crippen molar-refractivity contribution in [1.29, 1.82) is 0 Å². The van der Waals surface area contributed by atoms with E-state index in [1.54, 1.807) is 31.4 Å². The van der Waals surface area contributed by atoms with Crippen molar-refractivity contribution in [3.05, 3.63) is 60.2 Å². The summed E-state index contributed by atoms with van der Waals surface area (Å²) in [5.74, 6) is 0.224. The van der Waals surface area contributed by atoms with Gasteiger partial charge in [0, 0.05) is 13.2 Å². The number of nitrogens with zero attached hydrogens (tertiary/aromatic N) is 1. The van der Waals surface area contributed by atoms with Crippen LogP contribution in [0.25, 0.3) is 0 Å². The summed E-state index contributed by atoms with van der Waals surface area (Å²) in [6.07, 6.45) is 1.17. The lowest BCUT2D eigenvalue weighted by Gasteiger charge is -2.22. The number of carbonyl (C=O) groups excluding carboxylic acids is 1. The first kappa shape index (κ1) is 21.7. The number of hydrogen-bond donors (Lipinski definition) is 1. The van der Waals surface area contributed by atoms with Crippen LogP contribution < -0.4 is 14.4 Å². The molecule has 7 nitrogen and oxygen atoms in total. The van der Waals surface area contributed by atoms with E-state index >= 15 is 0 Å². The molecule has 0 spiro atoms. The Bertz CT molecular complexity index is 854. The maximum Gasteiger partial charge on any atom is 0.258 e. The van der Waals surface area contributed by atoms with Gasteiger partial charge >= 0.3 is 0 Å². The zero-order valence-corrected chi connectivity index (χ0v) is 17.1. The number of carbonyl (C=O) groups is 1. The van der Waals surface area contributed by atoms with Gasteiger partial charge in [-0.1, -0.05) is 30.3 Å². The summed E-state index contributed by atoms with van der Waals surface area (Å²) in [7, 11) is -1.89. The Kier molecular flexibility index (Phi) is 7.83. The Morgan fingerprint density at radius 2 is 1.75 bits per heavy atom. The van der Waals surface area contributed by atoms with Crippen LogP contribution in [0.2, 0.25) is 0 Å². The molecule has 0 radical (unpaired) electrons. The highest BCUT2D eigenvalue weighted by atomic mass is 32.2. The second-order valence-electron chi connectivity index (χ2n) is 6.46. The fourth-order valence-corrected chi connectivity index (χ4v) is 3.50. The predicted molar refractivity (Wildman–Crippen MR) is 109 cm³/mol. The molecule has 2 rings (SSSR count). The summed E-state index contributed by atoms with van der Waals surface area (Å²) in [6, 6.07) is 15.9. The Labute approximate surface area is 166 Å². The van der Waals surface area contributed by atoms with E-state index in [4.69, 9.17) is 9.47 Å². The number of amides is 1. The molecule has 1 unspecified atom stereocenters. The minimum atomic E-state index is -3.46. The molecule has 1 N–H and O–H groups in total. The normalized spacial score (nSPS) is 12.2. The van der Waals surface area contributed by atoms with Crippen LogP contribution >= 0.6 is 0 Å². The van der Waals surface area contributed by atoms with Crippen LogP contribution in [0.1, 0.15) is 12.5 Å². The first-order valence-electron chi connectivity index (χ1n) is 8.82. The van der Waals surface area contributed by atoms with Gasteiger partial charge in [-0.2, -0.15) is 0 Å². The highest BCUT2D eigenvalue weighted by Crippen LogP contribution is 2.23. The van der Waals surface area contributed by atoms with Crippen molar-refractivity contribution in [3.8, 4) is 5.75 Å². The van der Waals surface area contributed by atoms with Gasteiger partial charge in [0.2, 0.25) is 10.0 Å². The van der Waals surface area contributed by atoms with E-state index < -0.39 is 10.0 Å². The SMILES string of the molecule is COCC(C)NC(=O)COc1ccc(N(Cc2ccccc2)S(C)(=O)=O)cc1. The lowest BCUT2D eigenvalue weighted by molar-refractivity contribution is -0.124. The Morgan fingerprint density at radius 3 is 2.32 bits per heavy atom. The van der Waals surface area contributed by atoms with Crippen LogP contribution in [0.4, 0.5) is 5.69 Å². The molecule has 1 atom stereocenters. The van der Waals surface area contributed by atoms with Crippen molar-refractivity contribution in [1.82, 2.24) is 5.32 Å². The Hall–Kier alpha value is -2.58.